The molecule has 3 rings (SSSR count). The maximum atomic E-state index is 6.12. The molecule has 0 radical (unpaired) electrons. The summed E-state index contributed by atoms with van der Waals surface area (Å²) in [6.45, 7) is 10.5. The summed E-state index contributed by atoms with van der Waals surface area (Å²) in [5, 5.41) is 3.31. The van der Waals surface area contributed by atoms with Crippen molar-refractivity contribution in [3.05, 3.63) is 41.4 Å². The van der Waals surface area contributed by atoms with Gasteiger partial charge in [-0.05, 0) is 13.8 Å². The van der Waals surface area contributed by atoms with Crippen LogP contribution >= 0.6 is 23.7 Å². The third kappa shape index (κ3) is 5.53. The Bertz CT molecular complexity index is 615. The van der Waals surface area contributed by atoms with Gasteiger partial charge in [0.2, 0.25) is 0 Å². The normalized spacial score (nSPS) is 16.8. The minimum Gasteiger partial charge on any atom is -0.324 e. The summed E-state index contributed by atoms with van der Waals surface area (Å²) in [7, 11) is 0. The highest BCUT2D eigenvalue weighted by Crippen LogP contribution is 2.24. The molecule has 132 valence electrons. The molecule has 0 amide bonds. The summed E-state index contributed by atoms with van der Waals surface area (Å²) in [5.41, 5.74) is 8.40. The van der Waals surface area contributed by atoms with Crippen LogP contribution in [0.4, 0.5) is 0 Å². The smallest absolute Gasteiger partial charge is 0.123 e. The van der Waals surface area contributed by atoms with E-state index in [1.165, 1.54) is 11.3 Å². The highest BCUT2D eigenvalue weighted by molar-refractivity contribution is 7.13. The molecule has 2 N–H and O–H groups in total. The monoisotopic (exact) mass is 366 g/mol. The number of nitrogens with two attached hydrogens (primary N) is 1. The summed E-state index contributed by atoms with van der Waals surface area (Å²) >= 11 is 1.73. The maximum Gasteiger partial charge on any atom is 0.123 e. The van der Waals surface area contributed by atoms with Crippen molar-refractivity contribution in [2.75, 3.05) is 32.7 Å². The van der Waals surface area contributed by atoms with E-state index in [-0.39, 0.29) is 17.9 Å². The summed E-state index contributed by atoms with van der Waals surface area (Å²) in [5.74, 6) is 0. The van der Waals surface area contributed by atoms with Crippen LogP contribution in [0.25, 0.3) is 10.6 Å². The van der Waals surface area contributed by atoms with E-state index in [4.69, 9.17) is 10.7 Å². The summed E-state index contributed by atoms with van der Waals surface area (Å²) in [6, 6.07) is 10.4. The van der Waals surface area contributed by atoms with Crippen LogP contribution in [0.15, 0.2) is 35.7 Å². The number of piperazine rings is 1. The van der Waals surface area contributed by atoms with Crippen LogP contribution in [0.3, 0.4) is 0 Å². The average Bonchev–Trinajstić information content (AvgIpc) is 2.97. The van der Waals surface area contributed by atoms with Gasteiger partial charge >= 0.3 is 0 Å². The van der Waals surface area contributed by atoms with Gasteiger partial charge in [0.1, 0.15) is 5.01 Å². The van der Waals surface area contributed by atoms with Gasteiger partial charge in [-0.2, -0.15) is 0 Å². The molecule has 0 atom stereocenters. The van der Waals surface area contributed by atoms with Crippen molar-refractivity contribution in [2.45, 2.75) is 25.9 Å². The van der Waals surface area contributed by atoms with Crippen LogP contribution in [0, 0.1) is 0 Å². The molecule has 1 aromatic carbocycles. The largest absolute Gasteiger partial charge is 0.324 e. The fraction of sp³-hybridized carbons (Fsp3) is 0.500. The predicted molar refractivity (Wildman–Crippen MR) is 105 cm³/mol. The molecular weight excluding hydrogens is 340 g/mol. The minimum absolute atomic E-state index is 0. The molecule has 2 aromatic rings. The second-order valence-electron chi connectivity index (χ2n) is 7.05. The summed E-state index contributed by atoms with van der Waals surface area (Å²) < 4.78 is 0. The van der Waals surface area contributed by atoms with Gasteiger partial charge in [-0.1, -0.05) is 30.3 Å². The van der Waals surface area contributed by atoms with Gasteiger partial charge in [-0.3, -0.25) is 9.80 Å². The topological polar surface area (TPSA) is 45.4 Å². The molecule has 4 nitrogen and oxygen atoms in total. The van der Waals surface area contributed by atoms with Gasteiger partial charge in [0.15, 0.2) is 0 Å². The van der Waals surface area contributed by atoms with Gasteiger partial charge in [0.05, 0.1) is 5.69 Å². The van der Waals surface area contributed by atoms with Gasteiger partial charge < -0.3 is 5.73 Å². The molecule has 1 saturated heterocycles. The number of rotatable bonds is 5. The van der Waals surface area contributed by atoms with E-state index in [2.05, 4.69) is 53.3 Å². The lowest BCUT2D eigenvalue weighted by molar-refractivity contribution is 0.111. The molecule has 6 heteroatoms. The predicted octanol–water partition coefficient (Wildman–Crippen LogP) is 3.09. The Morgan fingerprint density at radius 1 is 1.08 bits per heavy atom. The number of thiazole rings is 1. The Labute approximate surface area is 155 Å². The molecule has 24 heavy (non-hydrogen) atoms. The van der Waals surface area contributed by atoms with Crippen LogP contribution in [-0.4, -0.2) is 53.0 Å². The van der Waals surface area contributed by atoms with Crippen LogP contribution in [0.1, 0.15) is 19.5 Å². The van der Waals surface area contributed by atoms with E-state index in [0.29, 0.717) is 0 Å². The number of halogens is 1. The SMILES string of the molecule is CC(C)(N)CN1CCN(Cc2csc(-c3ccccc3)n2)CC1.Cl. The van der Waals surface area contributed by atoms with E-state index < -0.39 is 0 Å². The van der Waals surface area contributed by atoms with E-state index in [1.807, 2.05) is 6.07 Å². The Hall–Kier alpha value is -0.980. The van der Waals surface area contributed by atoms with E-state index in [0.717, 1.165) is 44.3 Å². The molecule has 0 unspecified atom stereocenters. The van der Waals surface area contributed by atoms with Crippen molar-refractivity contribution in [3.8, 4) is 10.6 Å². The Balaban J connectivity index is 0.00000208. The maximum absolute atomic E-state index is 6.12. The average molecular weight is 367 g/mol. The second kappa shape index (κ2) is 8.41. The van der Waals surface area contributed by atoms with E-state index in [9.17, 15) is 0 Å². The van der Waals surface area contributed by atoms with Crippen molar-refractivity contribution >= 4 is 23.7 Å². The molecule has 0 spiro atoms. The van der Waals surface area contributed by atoms with Crippen molar-refractivity contribution in [2.24, 2.45) is 5.73 Å². The number of hydrogen-bond acceptors (Lipinski definition) is 5. The molecule has 0 saturated carbocycles. The fourth-order valence-corrected chi connectivity index (χ4v) is 3.82. The van der Waals surface area contributed by atoms with Crippen LogP contribution in [0.2, 0.25) is 0 Å². The first-order valence-corrected chi connectivity index (χ1v) is 9.11. The quantitative estimate of drug-likeness (QED) is 0.883. The number of aromatic nitrogens is 1. The first kappa shape index (κ1) is 19.3. The van der Waals surface area contributed by atoms with Crippen molar-refractivity contribution in [3.63, 3.8) is 0 Å². The summed E-state index contributed by atoms with van der Waals surface area (Å²) in [6.07, 6.45) is 0. The number of hydrogen-bond donors (Lipinski definition) is 1. The Morgan fingerprint density at radius 3 is 2.33 bits per heavy atom. The van der Waals surface area contributed by atoms with Gasteiger partial charge in [0, 0.05) is 55.8 Å². The molecule has 1 fully saturated rings. The summed E-state index contributed by atoms with van der Waals surface area (Å²) in [4.78, 5) is 9.75. The third-order valence-corrected chi connectivity index (χ3v) is 4.99. The fourth-order valence-electron chi connectivity index (χ4n) is 3.00. The van der Waals surface area contributed by atoms with Crippen molar-refractivity contribution < 1.29 is 0 Å². The molecular formula is C18H27ClN4S. The molecule has 0 aliphatic carbocycles. The minimum atomic E-state index is -0.109. The van der Waals surface area contributed by atoms with Crippen LogP contribution in [0.5, 0.6) is 0 Å². The first-order valence-electron chi connectivity index (χ1n) is 8.23. The molecule has 1 aromatic heterocycles. The number of benzene rings is 1. The molecule has 2 heterocycles. The zero-order chi connectivity index (χ0) is 16.3. The lowest BCUT2D eigenvalue weighted by Gasteiger charge is -2.37. The lowest BCUT2D eigenvalue weighted by Crippen LogP contribution is -2.52. The molecule has 1 aliphatic heterocycles. The third-order valence-electron chi connectivity index (χ3n) is 4.05. The Kier molecular flexibility index (Phi) is 6.78. The van der Waals surface area contributed by atoms with Gasteiger partial charge in [-0.25, -0.2) is 4.98 Å². The zero-order valence-electron chi connectivity index (χ0n) is 14.4. The van der Waals surface area contributed by atoms with Gasteiger partial charge in [-0.15, -0.1) is 23.7 Å². The Morgan fingerprint density at radius 2 is 1.71 bits per heavy atom. The highest BCUT2D eigenvalue weighted by atomic mass is 35.5. The standard InChI is InChI=1S/C18H26N4S.ClH/c1-18(2,19)14-22-10-8-21(9-11-22)12-16-13-23-17(20-16)15-6-4-3-5-7-15;/h3-7,13H,8-12,14,19H2,1-2H3;1H. The lowest BCUT2D eigenvalue weighted by atomic mass is 10.1. The van der Waals surface area contributed by atoms with Crippen molar-refractivity contribution in [1.82, 2.24) is 14.8 Å². The van der Waals surface area contributed by atoms with Gasteiger partial charge in [0.25, 0.3) is 0 Å². The van der Waals surface area contributed by atoms with Crippen molar-refractivity contribution in [1.29, 1.82) is 0 Å². The molecule has 1 aliphatic rings. The highest BCUT2D eigenvalue weighted by Gasteiger charge is 2.22. The second-order valence-corrected chi connectivity index (χ2v) is 7.91. The zero-order valence-corrected chi connectivity index (χ0v) is 16.1. The first-order chi connectivity index (χ1) is 11.0. The van der Waals surface area contributed by atoms with E-state index in [1.54, 1.807) is 11.3 Å². The van der Waals surface area contributed by atoms with E-state index >= 15 is 0 Å². The molecule has 0 bridgehead atoms. The van der Waals surface area contributed by atoms with Crippen LogP contribution < -0.4 is 5.73 Å². The number of nitrogens with zero attached hydrogens (tertiary/aromatic N) is 3. The van der Waals surface area contributed by atoms with Crippen LogP contribution in [-0.2, 0) is 6.54 Å².